The maximum atomic E-state index is 12.5. The molecule has 0 spiro atoms. The lowest BCUT2D eigenvalue weighted by atomic mass is 10.1. The fourth-order valence-corrected chi connectivity index (χ4v) is 4.36. The molecule has 168 valence electrons. The highest BCUT2D eigenvalue weighted by atomic mass is 32.2. The minimum absolute atomic E-state index is 0.188. The number of nitrogens with one attached hydrogen (secondary N) is 1. The third-order valence-corrected chi connectivity index (χ3v) is 6.16. The zero-order valence-electron chi connectivity index (χ0n) is 18.8. The number of hydrogen-bond acceptors (Lipinski definition) is 4. The van der Waals surface area contributed by atoms with Gasteiger partial charge in [0.25, 0.3) is 5.91 Å². The first-order chi connectivity index (χ1) is 15.2. The Morgan fingerprint density at radius 1 is 0.938 bits per heavy atom. The fraction of sp³-hybridized carbons (Fsp3) is 0.240. The maximum Gasteiger partial charge on any atom is 0.251 e. The number of rotatable bonds is 8. The van der Waals surface area contributed by atoms with Gasteiger partial charge < -0.3 is 10.1 Å². The Bertz CT molecular complexity index is 1180. The summed E-state index contributed by atoms with van der Waals surface area (Å²) in [6.45, 7) is 4.45. The fourth-order valence-electron chi connectivity index (χ4n) is 3.49. The van der Waals surface area contributed by atoms with E-state index in [4.69, 9.17) is 4.74 Å². The van der Waals surface area contributed by atoms with Gasteiger partial charge in [0.1, 0.15) is 5.75 Å². The number of ether oxygens (including phenoxy) is 1. The minimum atomic E-state index is -3.48. The third-order valence-electron chi connectivity index (χ3n) is 5.02. The molecule has 1 N–H and O–H groups in total. The molecule has 6 nitrogen and oxygen atoms in total. The molecule has 0 heterocycles. The average Bonchev–Trinajstić information content (AvgIpc) is 2.75. The number of sulfonamides is 1. The van der Waals surface area contributed by atoms with Crippen molar-refractivity contribution in [3.63, 3.8) is 0 Å². The maximum absolute atomic E-state index is 12.5. The summed E-state index contributed by atoms with van der Waals surface area (Å²) in [7, 11) is -1.88. The predicted molar refractivity (Wildman–Crippen MR) is 128 cm³/mol. The van der Waals surface area contributed by atoms with Crippen LogP contribution < -0.4 is 14.4 Å². The summed E-state index contributed by atoms with van der Waals surface area (Å²) in [5.41, 5.74) is 4.86. The van der Waals surface area contributed by atoms with E-state index in [0.29, 0.717) is 17.8 Å². The van der Waals surface area contributed by atoms with E-state index in [0.717, 1.165) is 28.0 Å². The van der Waals surface area contributed by atoms with Crippen LogP contribution in [0.4, 0.5) is 5.69 Å². The van der Waals surface area contributed by atoms with E-state index in [9.17, 15) is 13.2 Å². The number of carbonyl (C=O) groups is 1. The van der Waals surface area contributed by atoms with Crippen LogP contribution in [-0.2, 0) is 23.1 Å². The monoisotopic (exact) mass is 452 g/mol. The first kappa shape index (κ1) is 23.3. The molecule has 0 aliphatic heterocycles. The number of nitrogens with zero attached hydrogens (tertiary/aromatic N) is 1. The van der Waals surface area contributed by atoms with Crippen molar-refractivity contribution in [2.75, 3.05) is 17.7 Å². The molecule has 3 rings (SSSR count). The SMILES string of the molecule is COc1cccc(CNC(=O)c2ccc(CN(c3cc(C)cc(C)c3)S(C)(=O)=O)cc2)c1. The van der Waals surface area contributed by atoms with Gasteiger partial charge in [-0.25, -0.2) is 8.42 Å². The van der Waals surface area contributed by atoms with Crippen LogP contribution in [0.1, 0.15) is 32.6 Å². The number of amides is 1. The summed E-state index contributed by atoms with van der Waals surface area (Å²) in [6, 6.07) is 20.2. The van der Waals surface area contributed by atoms with Crippen LogP contribution in [0, 0.1) is 13.8 Å². The number of carbonyl (C=O) groups excluding carboxylic acids is 1. The highest BCUT2D eigenvalue weighted by Crippen LogP contribution is 2.24. The van der Waals surface area contributed by atoms with E-state index >= 15 is 0 Å². The van der Waals surface area contributed by atoms with Crippen molar-refractivity contribution in [3.05, 3.63) is 94.5 Å². The Labute approximate surface area is 189 Å². The summed E-state index contributed by atoms with van der Waals surface area (Å²) in [4.78, 5) is 12.5. The minimum Gasteiger partial charge on any atom is -0.497 e. The van der Waals surface area contributed by atoms with Crippen LogP contribution in [0.25, 0.3) is 0 Å². The molecule has 3 aromatic carbocycles. The molecule has 0 saturated carbocycles. The molecule has 0 aliphatic rings. The van der Waals surface area contributed by atoms with E-state index in [1.807, 2.05) is 56.3 Å². The summed E-state index contributed by atoms with van der Waals surface area (Å²) in [5, 5.41) is 2.89. The van der Waals surface area contributed by atoms with E-state index in [1.54, 1.807) is 31.4 Å². The summed E-state index contributed by atoms with van der Waals surface area (Å²) < 4.78 is 31.5. The second kappa shape index (κ2) is 9.87. The molecule has 32 heavy (non-hydrogen) atoms. The van der Waals surface area contributed by atoms with Gasteiger partial charge >= 0.3 is 0 Å². The van der Waals surface area contributed by atoms with Crippen molar-refractivity contribution in [2.24, 2.45) is 0 Å². The Kier molecular flexibility index (Phi) is 7.20. The topological polar surface area (TPSA) is 75.7 Å². The van der Waals surface area contributed by atoms with Crippen LogP contribution >= 0.6 is 0 Å². The summed E-state index contributed by atoms with van der Waals surface area (Å²) >= 11 is 0. The van der Waals surface area contributed by atoms with Crippen LogP contribution in [0.3, 0.4) is 0 Å². The van der Waals surface area contributed by atoms with Gasteiger partial charge in [0, 0.05) is 12.1 Å². The second-order valence-corrected chi connectivity index (χ2v) is 9.75. The Morgan fingerprint density at radius 2 is 1.59 bits per heavy atom. The average molecular weight is 453 g/mol. The van der Waals surface area contributed by atoms with E-state index in [1.165, 1.54) is 10.6 Å². The van der Waals surface area contributed by atoms with Gasteiger partial charge in [-0.3, -0.25) is 9.10 Å². The van der Waals surface area contributed by atoms with Crippen molar-refractivity contribution in [2.45, 2.75) is 26.9 Å². The van der Waals surface area contributed by atoms with Gasteiger partial charge in [-0.2, -0.15) is 0 Å². The van der Waals surface area contributed by atoms with Crippen molar-refractivity contribution < 1.29 is 17.9 Å². The Balaban J connectivity index is 1.71. The molecule has 0 radical (unpaired) electrons. The molecule has 0 aliphatic carbocycles. The molecule has 7 heteroatoms. The zero-order valence-corrected chi connectivity index (χ0v) is 19.6. The first-order valence-corrected chi connectivity index (χ1v) is 12.1. The van der Waals surface area contributed by atoms with Gasteiger partial charge in [-0.1, -0.05) is 30.3 Å². The number of benzene rings is 3. The molecule has 0 unspecified atom stereocenters. The standard InChI is InChI=1S/C25H28N2O4S/c1-18-12-19(2)14-23(13-18)27(32(4,29)30)17-20-8-10-22(11-9-20)25(28)26-16-21-6-5-7-24(15-21)31-3/h5-15H,16-17H2,1-4H3,(H,26,28). The number of methoxy groups -OCH3 is 1. The van der Waals surface area contributed by atoms with Crippen LogP contribution in [0.15, 0.2) is 66.7 Å². The molecule has 0 atom stereocenters. The van der Waals surface area contributed by atoms with E-state index in [-0.39, 0.29) is 12.5 Å². The molecule has 0 saturated heterocycles. The lowest BCUT2D eigenvalue weighted by Gasteiger charge is -2.23. The lowest BCUT2D eigenvalue weighted by molar-refractivity contribution is 0.0951. The van der Waals surface area contributed by atoms with Crippen LogP contribution in [0.5, 0.6) is 5.75 Å². The molecular weight excluding hydrogens is 424 g/mol. The van der Waals surface area contributed by atoms with Gasteiger partial charge in [-0.05, 0) is 72.5 Å². The van der Waals surface area contributed by atoms with E-state index in [2.05, 4.69) is 5.32 Å². The molecule has 0 fully saturated rings. The first-order valence-electron chi connectivity index (χ1n) is 10.2. The van der Waals surface area contributed by atoms with Crippen molar-refractivity contribution in [1.29, 1.82) is 0 Å². The van der Waals surface area contributed by atoms with Crippen LogP contribution in [0.2, 0.25) is 0 Å². The highest BCUT2D eigenvalue weighted by Gasteiger charge is 2.19. The quantitative estimate of drug-likeness (QED) is 0.556. The molecular formula is C25H28N2O4S. The Morgan fingerprint density at radius 3 is 2.19 bits per heavy atom. The van der Waals surface area contributed by atoms with Crippen LogP contribution in [-0.4, -0.2) is 27.7 Å². The third kappa shape index (κ3) is 6.11. The highest BCUT2D eigenvalue weighted by molar-refractivity contribution is 7.92. The van der Waals surface area contributed by atoms with Crippen molar-refractivity contribution in [1.82, 2.24) is 5.32 Å². The largest absolute Gasteiger partial charge is 0.497 e. The zero-order chi connectivity index (χ0) is 23.3. The predicted octanol–water partition coefficient (Wildman–Crippen LogP) is 4.21. The number of anilines is 1. The van der Waals surface area contributed by atoms with E-state index < -0.39 is 10.0 Å². The van der Waals surface area contributed by atoms with Gasteiger partial charge in [-0.15, -0.1) is 0 Å². The smallest absolute Gasteiger partial charge is 0.251 e. The summed E-state index contributed by atoms with van der Waals surface area (Å²) in [5.74, 6) is 0.536. The normalized spacial score (nSPS) is 11.1. The molecule has 0 aromatic heterocycles. The number of aryl methyl sites for hydroxylation is 2. The number of hydrogen-bond donors (Lipinski definition) is 1. The Hall–Kier alpha value is -3.32. The lowest BCUT2D eigenvalue weighted by Crippen LogP contribution is -2.29. The molecule has 0 bridgehead atoms. The van der Waals surface area contributed by atoms with Gasteiger partial charge in [0.2, 0.25) is 10.0 Å². The van der Waals surface area contributed by atoms with Gasteiger partial charge in [0.15, 0.2) is 0 Å². The second-order valence-electron chi connectivity index (χ2n) is 7.85. The summed E-state index contributed by atoms with van der Waals surface area (Å²) in [6.07, 6.45) is 1.20. The molecule has 3 aromatic rings. The van der Waals surface area contributed by atoms with Crippen molar-refractivity contribution >= 4 is 21.6 Å². The van der Waals surface area contributed by atoms with Gasteiger partial charge in [0.05, 0.1) is 25.6 Å². The molecule has 1 amide bonds. The van der Waals surface area contributed by atoms with Crippen molar-refractivity contribution in [3.8, 4) is 5.75 Å².